The predicted octanol–water partition coefficient (Wildman–Crippen LogP) is 0.588. The molecule has 5 atom stereocenters. The summed E-state index contributed by atoms with van der Waals surface area (Å²) < 4.78 is 25.9. The molecule has 0 aromatic heterocycles. The molecule has 126 valence electrons. The van der Waals surface area contributed by atoms with Crippen molar-refractivity contribution in [3.05, 3.63) is 0 Å². The van der Waals surface area contributed by atoms with E-state index in [2.05, 4.69) is 0 Å². The molecular weight excluding hydrogens is 411 g/mol. The molecule has 1 saturated heterocycles. The molecule has 1 heterocycles. The highest BCUT2D eigenvalue weighted by Crippen LogP contribution is 2.31. The van der Waals surface area contributed by atoms with Gasteiger partial charge in [0.15, 0.2) is 18.5 Å². The van der Waals surface area contributed by atoms with Crippen LogP contribution in [-0.2, 0) is 38.1 Å². The number of rotatable bonds is 5. The van der Waals surface area contributed by atoms with E-state index < -0.39 is 46.4 Å². The van der Waals surface area contributed by atoms with E-state index in [4.69, 9.17) is 23.7 Å². The molecule has 0 amide bonds. The summed E-state index contributed by atoms with van der Waals surface area (Å²) in [5.41, 5.74) is 0. The number of hydrogen-bond acceptors (Lipinski definition) is 8. The Morgan fingerprint density at radius 1 is 1.00 bits per heavy atom. The van der Waals surface area contributed by atoms with Gasteiger partial charge in [0.1, 0.15) is 16.6 Å². The summed E-state index contributed by atoms with van der Waals surface area (Å²) in [5, 5.41) is 0. The topological polar surface area (TPSA) is 97.4 Å². The summed E-state index contributed by atoms with van der Waals surface area (Å²) >= 11 is 2.00. The van der Waals surface area contributed by atoms with Gasteiger partial charge in [0, 0.05) is 27.9 Å². The van der Waals surface area contributed by atoms with Gasteiger partial charge in [0.25, 0.3) is 0 Å². The molecule has 0 spiro atoms. The molecule has 22 heavy (non-hydrogen) atoms. The molecule has 0 bridgehead atoms. The van der Waals surface area contributed by atoms with Crippen molar-refractivity contribution >= 4 is 40.5 Å². The highest BCUT2D eigenvalue weighted by atomic mass is 127. The van der Waals surface area contributed by atoms with Crippen LogP contribution in [0.1, 0.15) is 20.8 Å². The van der Waals surface area contributed by atoms with E-state index >= 15 is 0 Å². The smallest absolute Gasteiger partial charge is 0.303 e. The van der Waals surface area contributed by atoms with Crippen LogP contribution in [0.4, 0.5) is 0 Å². The predicted molar refractivity (Wildman–Crippen MR) is 81.2 cm³/mol. The van der Waals surface area contributed by atoms with Gasteiger partial charge >= 0.3 is 17.9 Å². The number of alkyl halides is 1. The van der Waals surface area contributed by atoms with Gasteiger partial charge in [-0.1, -0.05) is 22.6 Å². The Morgan fingerprint density at radius 2 is 1.55 bits per heavy atom. The van der Waals surface area contributed by atoms with E-state index in [0.717, 1.165) is 0 Å². The van der Waals surface area contributed by atoms with Crippen LogP contribution in [0.25, 0.3) is 0 Å². The van der Waals surface area contributed by atoms with Crippen LogP contribution in [-0.4, -0.2) is 60.2 Å². The van der Waals surface area contributed by atoms with Gasteiger partial charge in [-0.25, -0.2) is 0 Å². The molecule has 1 aliphatic heterocycles. The van der Waals surface area contributed by atoms with E-state index in [1.807, 2.05) is 22.6 Å². The highest BCUT2D eigenvalue weighted by molar-refractivity contribution is 14.1. The van der Waals surface area contributed by atoms with Crippen molar-refractivity contribution in [3.63, 3.8) is 0 Å². The zero-order chi connectivity index (χ0) is 16.9. The van der Waals surface area contributed by atoms with Crippen molar-refractivity contribution in [3.8, 4) is 0 Å². The van der Waals surface area contributed by atoms with Gasteiger partial charge in [-0.15, -0.1) is 0 Å². The van der Waals surface area contributed by atoms with Gasteiger partial charge in [0.05, 0.1) is 0 Å². The second-order valence-corrected chi connectivity index (χ2v) is 6.11. The SMILES string of the molecule is CO[C@H]1O[C@H](COC(C)=O)[C@H](OC(C)=O)[C@H](OC(C)=O)[C@@H]1I. The minimum Gasteiger partial charge on any atom is -0.463 e. The number of esters is 3. The third-order valence-electron chi connectivity index (χ3n) is 2.86. The summed E-state index contributed by atoms with van der Waals surface area (Å²) in [7, 11) is 1.44. The molecule has 0 saturated carbocycles. The van der Waals surface area contributed by atoms with Gasteiger partial charge < -0.3 is 23.7 Å². The molecule has 1 fully saturated rings. The monoisotopic (exact) mass is 430 g/mol. The Hall–Kier alpha value is -0.940. The first-order chi connectivity index (χ1) is 10.3. The molecule has 0 radical (unpaired) electrons. The zero-order valence-corrected chi connectivity index (χ0v) is 14.9. The van der Waals surface area contributed by atoms with Crippen LogP contribution in [0, 0.1) is 0 Å². The zero-order valence-electron chi connectivity index (χ0n) is 12.7. The highest BCUT2D eigenvalue weighted by Gasteiger charge is 2.49. The molecule has 1 rings (SSSR count). The lowest BCUT2D eigenvalue weighted by atomic mass is 10.0. The standard InChI is InChI=1S/C13H19IO8/c1-6(15)19-5-9-11(20-7(2)16)12(21-8(3)17)10(14)13(18-4)22-9/h9-13H,5H2,1-4H3/t9-,10+,11+,12-,13+/m1/s1. The fourth-order valence-corrected chi connectivity index (χ4v) is 3.07. The van der Waals surface area contributed by atoms with E-state index in [1.54, 1.807) is 0 Å². The fraction of sp³-hybridized carbons (Fsp3) is 0.769. The quantitative estimate of drug-likeness (QED) is 0.271. The van der Waals surface area contributed by atoms with Crippen LogP contribution in [0.5, 0.6) is 0 Å². The molecule has 1 aliphatic rings. The van der Waals surface area contributed by atoms with Gasteiger partial charge in [0.2, 0.25) is 0 Å². The average molecular weight is 430 g/mol. The Labute approximate surface area is 141 Å². The number of carbonyl (C=O) groups excluding carboxylic acids is 3. The molecule has 9 heteroatoms. The minimum atomic E-state index is -0.894. The van der Waals surface area contributed by atoms with E-state index in [0.29, 0.717) is 0 Å². The van der Waals surface area contributed by atoms with E-state index in [-0.39, 0.29) is 6.61 Å². The molecule has 0 aromatic carbocycles. The van der Waals surface area contributed by atoms with Crippen LogP contribution in [0.2, 0.25) is 0 Å². The Bertz CT molecular complexity index is 426. The molecule has 0 unspecified atom stereocenters. The Balaban J connectivity index is 3.00. The third kappa shape index (κ3) is 5.36. The van der Waals surface area contributed by atoms with E-state index in [1.165, 1.54) is 27.9 Å². The minimum absolute atomic E-state index is 0.145. The molecule has 8 nitrogen and oxygen atoms in total. The van der Waals surface area contributed by atoms with Crippen molar-refractivity contribution in [1.29, 1.82) is 0 Å². The first kappa shape index (κ1) is 19.1. The molecule has 0 aliphatic carbocycles. The normalized spacial score (nSPS) is 31.2. The van der Waals surface area contributed by atoms with Crippen molar-refractivity contribution in [2.45, 2.75) is 49.3 Å². The number of methoxy groups -OCH3 is 1. The maximum Gasteiger partial charge on any atom is 0.303 e. The van der Waals surface area contributed by atoms with Crippen molar-refractivity contribution in [2.24, 2.45) is 0 Å². The Kier molecular flexibility index (Phi) is 7.49. The average Bonchev–Trinajstić information content (AvgIpc) is 2.41. The fourth-order valence-electron chi connectivity index (χ4n) is 2.05. The third-order valence-corrected chi connectivity index (χ3v) is 4.16. The van der Waals surface area contributed by atoms with Gasteiger partial charge in [-0.3, -0.25) is 14.4 Å². The largest absolute Gasteiger partial charge is 0.463 e. The van der Waals surface area contributed by atoms with Crippen molar-refractivity contribution in [2.75, 3.05) is 13.7 Å². The number of carbonyl (C=O) groups is 3. The van der Waals surface area contributed by atoms with Gasteiger partial charge in [-0.05, 0) is 0 Å². The summed E-state index contributed by atoms with van der Waals surface area (Å²) in [6.45, 7) is 3.60. The number of ether oxygens (including phenoxy) is 5. The Morgan fingerprint density at radius 3 is 2.00 bits per heavy atom. The first-order valence-corrected chi connectivity index (χ1v) is 7.81. The van der Waals surface area contributed by atoms with Crippen LogP contribution in [0.15, 0.2) is 0 Å². The number of hydrogen-bond donors (Lipinski definition) is 0. The van der Waals surface area contributed by atoms with Crippen molar-refractivity contribution in [1.82, 2.24) is 0 Å². The maximum atomic E-state index is 11.3. The molecule has 0 aromatic rings. The summed E-state index contributed by atoms with van der Waals surface area (Å²) in [6, 6.07) is 0. The first-order valence-electron chi connectivity index (χ1n) is 6.56. The summed E-state index contributed by atoms with van der Waals surface area (Å²) in [5.74, 6) is -1.58. The lowest BCUT2D eigenvalue weighted by Crippen LogP contribution is -2.59. The molecular formula is C13H19IO8. The number of halogens is 1. The van der Waals surface area contributed by atoms with Gasteiger partial charge in [-0.2, -0.15) is 0 Å². The molecule has 0 N–H and O–H groups in total. The maximum absolute atomic E-state index is 11.3. The second-order valence-electron chi connectivity index (χ2n) is 4.67. The van der Waals surface area contributed by atoms with Crippen LogP contribution >= 0.6 is 22.6 Å². The van der Waals surface area contributed by atoms with E-state index in [9.17, 15) is 14.4 Å². The second kappa shape index (κ2) is 8.63. The lowest BCUT2D eigenvalue weighted by Gasteiger charge is -2.42. The summed E-state index contributed by atoms with van der Waals surface area (Å²) in [6.07, 6.45) is -3.17. The van der Waals surface area contributed by atoms with Crippen LogP contribution in [0.3, 0.4) is 0 Å². The van der Waals surface area contributed by atoms with Crippen molar-refractivity contribution < 1.29 is 38.1 Å². The van der Waals surface area contributed by atoms with Crippen LogP contribution < -0.4 is 0 Å². The lowest BCUT2D eigenvalue weighted by molar-refractivity contribution is -0.253. The summed E-state index contributed by atoms with van der Waals surface area (Å²) in [4.78, 5) is 33.6.